The Kier molecular flexibility index (Phi) is 6.39. The molecule has 1 amide bonds. The van der Waals surface area contributed by atoms with E-state index in [4.69, 9.17) is 9.47 Å². The van der Waals surface area contributed by atoms with Gasteiger partial charge in [0.05, 0.1) is 18.5 Å². The maximum Gasteiger partial charge on any atom is 0.270 e. The normalized spacial score (nSPS) is 10.7. The Labute approximate surface area is 162 Å². The first-order valence-electron chi connectivity index (χ1n) is 8.90. The molecule has 0 saturated carbocycles. The van der Waals surface area contributed by atoms with Crippen LogP contribution in [0.1, 0.15) is 16.9 Å². The van der Waals surface area contributed by atoms with Gasteiger partial charge in [-0.25, -0.2) is 9.07 Å². The number of nitrogens with one attached hydrogen (secondary N) is 1. The first kappa shape index (κ1) is 19.6. The number of amides is 1. The Hall–Kier alpha value is -3.19. The Morgan fingerprint density at radius 1 is 1.11 bits per heavy atom. The molecule has 0 aliphatic heterocycles. The van der Waals surface area contributed by atoms with E-state index in [1.54, 1.807) is 32.4 Å². The predicted octanol–water partition coefficient (Wildman–Crippen LogP) is 3.45. The van der Waals surface area contributed by atoms with E-state index in [9.17, 15) is 9.18 Å². The highest BCUT2D eigenvalue weighted by molar-refractivity contribution is 5.94. The summed E-state index contributed by atoms with van der Waals surface area (Å²) in [5, 5.41) is 7.43. The molecule has 1 heterocycles. The molecule has 0 saturated heterocycles. The second-order valence-electron chi connectivity index (χ2n) is 6.13. The van der Waals surface area contributed by atoms with E-state index in [1.807, 2.05) is 24.3 Å². The summed E-state index contributed by atoms with van der Waals surface area (Å²) < 4.78 is 25.0. The smallest absolute Gasteiger partial charge is 0.270 e. The largest absolute Gasteiger partial charge is 0.497 e. The van der Waals surface area contributed by atoms with Crippen molar-refractivity contribution in [3.05, 3.63) is 66.1 Å². The zero-order valence-corrected chi connectivity index (χ0v) is 15.8. The van der Waals surface area contributed by atoms with Gasteiger partial charge in [-0.15, -0.1) is 0 Å². The van der Waals surface area contributed by atoms with Crippen LogP contribution in [0.25, 0.3) is 16.9 Å². The number of aromatic nitrogens is 2. The Bertz CT molecular complexity index is 921. The average Bonchev–Trinajstić information content (AvgIpc) is 3.17. The maximum atomic E-state index is 13.3. The van der Waals surface area contributed by atoms with E-state index in [-0.39, 0.29) is 11.7 Å². The van der Waals surface area contributed by atoms with Gasteiger partial charge in [-0.3, -0.25) is 4.79 Å². The van der Waals surface area contributed by atoms with Crippen molar-refractivity contribution < 1.29 is 18.7 Å². The summed E-state index contributed by atoms with van der Waals surface area (Å²) >= 11 is 0. The highest BCUT2D eigenvalue weighted by Crippen LogP contribution is 2.24. The molecule has 146 valence electrons. The van der Waals surface area contributed by atoms with Gasteiger partial charge in [0, 0.05) is 25.8 Å². The van der Waals surface area contributed by atoms with Crippen LogP contribution in [0.15, 0.2) is 54.6 Å². The highest BCUT2D eigenvalue weighted by Gasteiger charge is 2.17. The number of hydrogen-bond acceptors (Lipinski definition) is 4. The van der Waals surface area contributed by atoms with Crippen molar-refractivity contribution in [3.8, 4) is 22.7 Å². The molecular formula is C21H22FN3O3. The minimum absolute atomic E-state index is 0.257. The number of benzene rings is 2. The third-order valence-electron chi connectivity index (χ3n) is 4.21. The Morgan fingerprint density at radius 3 is 2.46 bits per heavy atom. The van der Waals surface area contributed by atoms with Crippen LogP contribution < -0.4 is 10.1 Å². The fourth-order valence-corrected chi connectivity index (χ4v) is 2.73. The van der Waals surface area contributed by atoms with Gasteiger partial charge < -0.3 is 14.8 Å². The number of nitrogens with zero attached hydrogens (tertiary/aromatic N) is 2. The molecule has 0 atom stereocenters. The monoisotopic (exact) mass is 383 g/mol. The quantitative estimate of drug-likeness (QED) is 0.605. The number of rotatable bonds is 8. The van der Waals surface area contributed by atoms with E-state index in [0.717, 1.165) is 11.3 Å². The summed E-state index contributed by atoms with van der Waals surface area (Å²) in [6, 6.07) is 15.0. The summed E-state index contributed by atoms with van der Waals surface area (Å²) in [4.78, 5) is 12.7. The SMILES string of the molecule is COCCCNC(=O)c1cc(-c2ccc(OC)cc2)nn1-c1ccc(F)cc1. The summed E-state index contributed by atoms with van der Waals surface area (Å²) in [5.41, 5.74) is 2.45. The fraction of sp³-hybridized carbons (Fsp3) is 0.238. The fourth-order valence-electron chi connectivity index (χ4n) is 2.73. The van der Waals surface area contributed by atoms with Crippen molar-refractivity contribution in [2.24, 2.45) is 0 Å². The van der Waals surface area contributed by atoms with Crippen molar-refractivity contribution in [1.29, 1.82) is 0 Å². The first-order chi connectivity index (χ1) is 13.6. The molecule has 3 rings (SSSR count). The molecule has 3 aromatic rings. The molecule has 7 heteroatoms. The number of hydrogen-bond donors (Lipinski definition) is 1. The van der Waals surface area contributed by atoms with Gasteiger partial charge in [-0.05, 0) is 61.0 Å². The third kappa shape index (κ3) is 4.55. The Morgan fingerprint density at radius 2 is 1.82 bits per heavy atom. The standard InChI is InChI=1S/C21H22FN3O3/c1-27-13-3-12-23-21(26)20-14-19(15-4-10-18(28-2)11-5-15)24-25(20)17-8-6-16(22)7-9-17/h4-11,14H,3,12-13H2,1-2H3,(H,23,26). The molecule has 0 aliphatic carbocycles. The third-order valence-corrected chi connectivity index (χ3v) is 4.21. The predicted molar refractivity (Wildman–Crippen MR) is 104 cm³/mol. The molecule has 0 radical (unpaired) electrons. The summed E-state index contributed by atoms with van der Waals surface area (Å²) in [7, 11) is 3.22. The molecule has 28 heavy (non-hydrogen) atoms. The average molecular weight is 383 g/mol. The lowest BCUT2D eigenvalue weighted by atomic mass is 10.1. The minimum Gasteiger partial charge on any atom is -0.497 e. The van der Waals surface area contributed by atoms with Gasteiger partial charge in [0.15, 0.2) is 0 Å². The second kappa shape index (κ2) is 9.14. The van der Waals surface area contributed by atoms with Crippen LogP contribution in [0.4, 0.5) is 4.39 Å². The van der Waals surface area contributed by atoms with Crippen LogP contribution >= 0.6 is 0 Å². The minimum atomic E-state index is -0.350. The number of halogens is 1. The number of methoxy groups -OCH3 is 2. The number of carbonyl (C=O) groups excluding carboxylic acids is 1. The molecule has 0 aliphatic rings. The lowest BCUT2D eigenvalue weighted by Gasteiger charge is -2.08. The number of carbonyl (C=O) groups is 1. The van der Waals surface area contributed by atoms with Crippen LogP contribution in [-0.2, 0) is 4.74 Å². The molecule has 0 unspecified atom stereocenters. The van der Waals surface area contributed by atoms with Crippen LogP contribution in [0.3, 0.4) is 0 Å². The van der Waals surface area contributed by atoms with Crippen molar-refractivity contribution in [3.63, 3.8) is 0 Å². The highest BCUT2D eigenvalue weighted by atomic mass is 19.1. The molecule has 6 nitrogen and oxygen atoms in total. The van der Waals surface area contributed by atoms with Crippen molar-refractivity contribution in [2.45, 2.75) is 6.42 Å². The van der Waals surface area contributed by atoms with E-state index >= 15 is 0 Å². The van der Waals surface area contributed by atoms with E-state index in [0.29, 0.717) is 36.6 Å². The molecule has 0 spiro atoms. The summed E-state index contributed by atoms with van der Waals surface area (Å²) in [6.45, 7) is 1.05. The molecule has 1 aromatic heterocycles. The van der Waals surface area contributed by atoms with Crippen molar-refractivity contribution >= 4 is 5.91 Å². The first-order valence-corrected chi connectivity index (χ1v) is 8.90. The zero-order chi connectivity index (χ0) is 19.9. The molecular weight excluding hydrogens is 361 g/mol. The van der Waals surface area contributed by atoms with Crippen molar-refractivity contribution in [2.75, 3.05) is 27.4 Å². The maximum absolute atomic E-state index is 13.3. The van der Waals surface area contributed by atoms with Gasteiger partial charge in [-0.2, -0.15) is 5.10 Å². The topological polar surface area (TPSA) is 65.4 Å². The lowest BCUT2D eigenvalue weighted by molar-refractivity contribution is 0.0941. The van der Waals surface area contributed by atoms with Crippen molar-refractivity contribution in [1.82, 2.24) is 15.1 Å². The summed E-state index contributed by atoms with van der Waals surface area (Å²) in [6.07, 6.45) is 0.707. The van der Waals surface area contributed by atoms with Gasteiger partial charge in [0.1, 0.15) is 17.3 Å². The van der Waals surface area contributed by atoms with Crippen LogP contribution in [0.2, 0.25) is 0 Å². The zero-order valence-electron chi connectivity index (χ0n) is 15.8. The van der Waals surface area contributed by atoms with E-state index < -0.39 is 0 Å². The van der Waals surface area contributed by atoms with E-state index in [2.05, 4.69) is 10.4 Å². The molecule has 0 bridgehead atoms. The number of ether oxygens (including phenoxy) is 2. The van der Waals surface area contributed by atoms with Gasteiger partial charge in [0.25, 0.3) is 5.91 Å². The van der Waals surface area contributed by atoms with Gasteiger partial charge in [-0.1, -0.05) is 0 Å². The van der Waals surface area contributed by atoms with Gasteiger partial charge in [0.2, 0.25) is 0 Å². The summed E-state index contributed by atoms with van der Waals surface area (Å²) in [5.74, 6) is 0.127. The lowest BCUT2D eigenvalue weighted by Crippen LogP contribution is -2.27. The molecule has 1 N–H and O–H groups in total. The van der Waals surface area contributed by atoms with Gasteiger partial charge >= 0.3 is 0 Å². The van der Waals surface area contributed by atoms with Crippen LogP contribution in [0, 0.1) is 5.82 Å². The van der Waals surface area contributed by atoms with E-state index in [1.165, 1.54) is 16.8 Å². The van der Waals surface area contributed by atoms with Crippen LogP contribution in [0.5, 0.6) is 5.75 Å². The Balaban J connectivity index is 1.94. The van der Waals surface area contributed by atoms with Crippen LogP contribution in [-0.4, -0.2) is 43.1 Å². The molecule has 0 fully saturated rings. The molecule has 2 aromatic carbocycles. The second-order valence-corrected chi connectivity index (χ2v) is 6.13.